The van der Waals surface area contributed by atoms with Crippen LogP contribution in [0.15, 0.2) is 11.6 Å². The summed E-state index contributed by atoms with van der Waals surface area (Å²) < 4.78 is 12.0. The van der Waals surface area contributed by atoms with Gasteiger partial charge in [-0.05, 0) is 98.2 Å². The molecule has 0 bridgehead atoms. The van der Waals surface area contributed by atoms with Gasteiger partial charge in [0.25, 0.3) is 0 Å². The molecule has 0 aromatic rings. The third kappa shape index (κ3) is 3.77. The van der Waals surface area contributed by atoms with Crippen LogP contribution in [-0.2, 0) is 9.47 Å². The van der Waals surface area contributed by atoms with Gasteiger partial charge in [-0.3, -0.25) is 0 Å². The van der Waals surface area contributed by atoms with Crippen LogP contribution in [0.25, 0.3) is 0 Å². The predicted octanol–water partition coefficient (Wildman–Crippen LogP) is 6.49. The molecule has 0 aromatic heterocycles. The maximum Gasteiger partial charge on any atom is 0.404 e. The number of aliphatic hydroxyl groups excluding tert-OH is 1. The Kier molecular flexibility index (Phi) is 6.21. The molecule has 180 valence electrons. The number of allylic oxidation sites excluding steroid dienone is 1. The lowest BCUT2D eigenvalue weighted by atomic mass is 9.47. The lowest BCUT2D eigenvalue weighted by Gasteiger charge is -2.58. The lowest BCUT2D eigenvalue weighted by Crippen LogP contribution is -2.50. The monoisotopic (exact) mass is 464 g/mol. The van der Waals surface area contributed by atoms with Gasteiger partial charge in [0.05, 0.1) is 12.2 Å². The van der Waals surface area contributed by atoms with Crippen LogP contribution < -0.4 is 0 Å². The first-order chi connectivity index (χ1) is 15.2. The van der Waals surface area contributed by atoms with Crippen LogP contribution in [0.4, 0.5) is 4.79 Å². The average molecular weight is 465 g/mol. The Morgan fingerprint density at radius 2 is 2.06 bits per heavy atom. The third-order valence-electron chi connectivity index (χ3n) is 10.7. The van der Waals surface area contributed by atoms with E-state index < -0.39 is 5.43 Å². The van der Waals surface area contributed by atoms with E-state index in [0.29, 0.717) is 29.5 Å². The highest BCUT2D eigenvalue weighted by molar-refractivity contribution is 6.61. The van der Waals surface area contributed by atoms with Gasteiger partial charge < -0.3 is 14.6 Å². The van der Waals surface area contributed by atoms with Crippen LogP contribution in [0.5, 0.6) is 0 Å². The minimum absolute atomic E-state index is 0.0468. The number of rotatable bonds is 5. The van der Waals surface area contributed by atoms with E-state index in [9.17, 15) is 9.90 Å². The second-order valence-electron chi connectivity index (χ2n) is 12.3. The zero-order valence-corrected chi connectivity index (χ0v) is 20.8. The van der Waals surface area contributed by atoms with E-state index in [1.165, 1.54) is 37.7 Å². The van der Waals surface area contributed by atoms with Gasteiger partial charge in [-0.25, -0.2) is 4.79 Å². The van der Waals surface area contributed by atoms with E-state index in [1.54, 1.807) is 0 Å². The van der Waals surface area contributed by atoms with Crippen LogP contribution in [0.1, 0.15) is 85.0 Å². The first-order valence-electron chi connectivity index (χ1n) is 13.1. The Labute approximate surface area is 198 Å². The first kappa shape index (κ1) is 23.2. The van der Waals surface area contributed by atoms with Crippen LogP contribution >= 0.6 is 11.6 Å². The molecule has 1 saturated heterocycles. The quantitative estimate of drug-likeness (QED) is 0.373. The standard InChI is InChI=1S/C27H41ClO4/c1-16(15-29)4-6-18-13-23-24(31-18)14-22-20-7-5-17-12-19(32-25(28)30)8-10-26(17,2)21(20)9-11-27(22,23)3/h5,16,18-24,29H,4,6-15H2,1-3H3. The van der Waals surface area contributed by atoms with Gasteiger partial charge in [0.15, 0.2) is 0 Å². The molecular formula is C27H41ClO4. The Morgan fingerprint density at radius 3 is 2.81 bits per heavy atom. The molecule has 4 aliphatic carbocycles. The molecule has 10 atom stereocenters. The summed E-state index contributed by atoms with van der Waals surface area (Å²) in [7, 11) is 0. The van der Waals surface area contributed by atoms with E-state index in [2.05, 4.69) is 26.8 Å². The third-order valence-corrected chi connectivity index (χ3v) is 10.8. The second kappa shape index (κ2) is 8.57. The SMILES string of the molecule is CC(CO)CCC1CC2C(CC3C4CC=C5CC(OC(=O)Cl)CCC5(C)C4CCC23C)O1. The molecule has 0 aromatic carbocycles. The Hall–Kier alpha value is -0.580. The minimum atomic E-state index is -0.664. The summed E-state index contributed by atoms with van der Waals surface area (Å²) in [4.78, 5) is 11.2. The molecule has 5 rings (SSSR count). The van der Waals surface area contributed by atoms with Crippen molar-refractivity contribution in [1.29, 1.82) is 0 Å². The zero-order chi connectivity index (χ0) is 22.7. The van der Waals surface area contributed by atoms with Gasteiger partial charge in [-0.1, -0.05) is 32.4 Å². The van der Waals surface area contributed by atoms with Crippen molar-refractivity contribution in [1.82, 2.24) is 0 Å². The van der Waals surface area contributed by atoms with Crippen LogP contribution in [0, 0.1) is 40.4 Å². The lowest BCUT2D eigenvalue weighted by molar-refractivity contribution is -0.0517. The fraction of sp³-hybridized carbons (Fsp3) is 0.889. The molecule has 32 heavy (non-hydrogen) atoms. The van der Waals surface area contributed by atoms with Crippen LogP contribution in [0.2, 0.25) is 0 Å². The van der Waals surface area contributed by atoms with Crippen molar-refractivity contribution in [2.24, 2.45) is 40.4 Å². The number of ether oxygens (including phenoxy) is 2. The van der Waals surface area contributed by atoms with Gasteiger partial charge in [0.2, 0.25) is 0 Å². The summed E-state index contributed by atoms with van der Waals surface area (Å²) >= 11 is 5.50. The summed E-state index contributed by atoms with van der Waals surface area (Å²) in [6.07, 6.45) is 14.6. The van der Waals surface area contributed by atoms with E-state index in [1.807, 2.05) is 0 Å². The van der Waals surface area contributed by atoms with Crippen molar-refractivity contribution in [3.8, 4) is 0 Å². The first-order valence-corrected chi connectivity index (χ1v) is 13.4. The number of hydrogen-bond acceptors (Lipinski definition) is 4. The number of halogens is 1. The van der Waals surface area contributed by atoms with Crippen molar-refractivity contribution in [2.45, 2.75) is 103 Å². The predicted molar refractivity (Wildman–Crippen MR) is 125 cm³/mol. The summed E-state index contributed by atoms with van der Waals surface area (Å²) in [6.45, 7) is 7.49. The molecule has 0 spiro atoms. The average Bonchev–Trinajstić information content (AvgIpc) is 3.28. The zero-order valence-electron chi connectivity index (χ0n) is 20.0. The molecule has 5 heteroatoms. The smallest absolute Gasteiger partial charge is 0.404 e. The molecule has 1 N–H and O–H groups in total. The highest BCUT2D eigenvalue weighted by Gasteiger charge is 2.63. The largest absolute Gasteiger partial charge is 0.450 e. The van der Waals surface area contributed by atoms with Crippen molar-refractivity contribution < 1.29 is 19.4 Å². The van der Waals surface area contributed by atoms with E-state index in [4.69, 9.17) is 21.1 Å². The Balaban J connectivity index is 1.29. The van der Waals surface area contributed by atoms with Crippen molar-refractivity contribution in [2.75, 3.05) is 6.61 Å². The van der Waals surface area contributed by atoms with Crippen molar-refractivity contribution >= 4 is 17.0 Å². The second-order valence-corrected chi connectivity index (χ2v) is 12.6. The minimum Gasteiger partial charge on any atom is -0.450 e. The normalized spacial score (nSPS) is 48.2. The molecule has 10 unspecified atom stereocenters. The molecular weight excluding hydrogens is 424 g/mol. The summed E-state index contributed by atoms with van der Waals surface area (Å²) in [5.41, 5.74) is 1.52. The van der Waals surface area contributed by atoms with Gasteiger partial charge >= 0.3 is 5.43 Å². The topological polar surface area (TPSA) is 55.8 Å². The fourth-order valence-electron chi connectivity index (χ4n) is 8.86. The number of carbonyl (C=O) groups excluding carboxylic acids is 1. The number of carbonyl (C=O) groups is 1. The maximum atomic E-state index is 11.2. The summed E-state index contributed by atoms with van der Waals surface area (Å²) in [6, 6.07) is 0. The highest BCUT2D eigenvalue weighted by atomic mass is 35.5. The van der Waals surface area contributed by atoms with Gasteiger partial charge in [0.1, 0.15) is 6.10 Å². The molecule has 3 saturated carbocycles. The van der Waals surface area contributed by atoms with Crippen molar-refractivity contribution in [3.05, 3.63) is 11.6 Å². The number of hydrogen-bond donors (Lipinski definition) is 1. The van der Waals surface area contributed by atoms with E-state index >= 15 is 0 Å². The van der Waals surface area contributed by atoms with Crippen LogP contribution in [0.3, 0.4) is 0 Å². The fourth-order valence-corrected chi connectivity index (χ4v) is 8.98. The highest BCUT2D eigenvalue weighted by Crippen LogP contribution is 2.68. The summed E-state index contributed by atoms with van der Waals surface area (Å²) in [5.74, 6) is 3.36. The molecule has 0 amide bonds. The molecule has 4 fully saturated rings. The van der Waals surface area contributed by atoms with Gasteiger partial charge in [-0.2, -0.15) is 0 Å². The summed E-state index contributed by atoms with van der Waals surface area (Å²) in [5, 5.41) is 9.36. The molecule has 4 nitrogen and oxygen atoms in total. The Morgan fingerprint density at radius 1 is 1.25 bits per heavy atom. The van der Waals surface area contributed by atoms with Gasteiger partial charge in [-0.15, -0.1) is 0 Å². The molecule has 1 heterocycles. The molecule has 0 radical (unpaired) electrons. The Bertz CT molecular complexity index is 767. The number of aliphatic hydroxyl groups is 1. The number of fused-ring (bicyclic) bond motifs is 7. The maximum absolute atomic E-state index is 11.2. The van der Waals surface area contributed by atoms with Crippen molar-refractivity contribution in [3.63, 3.8) is 0 Å². The van der Waals surface area contributed by atoms with E-state index in [0.717, 1.165) is 49.9 Å². The van der Waals surface area contributed by atoms with E-state index in [-0.39, 0.29) is 18.1 Å². The molecule has 1 aliphatic heterocycles. The molecule has 5 aliphatic rings. The van der Waals surface area contributed by atoms with Crippen LogP contribution in [-0.4, -0.2) is 35.5 Å². The van der Waals surface area contributed by atoms with Gasteiger partial charge in [0, 0.05) is 24.6 Å².